The lowest BCUT2D eigenvalue weighted by Gasteiger charge is -2.10. The van der Waals surface area contributed by atoms with Crippen molar-refractivity contribution in [3.8, 4) is 11.1 Å². The summed E-state index contributed by atoms with van der Waals surface area (Å²) in [4.78, 5) is 28.1. The summed E-state index contributed by atoms with van der Waals surface area (Å²) in [5.41, 5.74) is 4.51. The summed E-state index contributed by atoms with van der Waals surface area (Å²) in [6.45, 7) is 7.65. The molecule has 0 spiro atoms. The van der Waals surface area contributed by atoms with Crippen LogP contribution >= 0.6 is 0 Å². The fourth-order valence-electron chi connectivity index (χ4n) is 2.43. The maximum Gasteiger partial charge on any atom is 0.251 e. The first kappa shape index (κ1) is 17.7. The Bertz CT molecular complexity index is 737. The van der Waals surface area contributed by atoms with Crippen molar-refractivity contribution in [3.63, 3.8) is 0 Å². The van der Waals surface area contributed by atoms with Gasteiger partial charge in [-0.2, -0.15) is 0 Å². The van der Waals surface area contributed by atoms with Crippen molar-refractivity contribution in [1.29, 1.82) is 0 Å². The number of hydrogen-bond acceptors (Lipinski definition) is 3. The summed E-state index contributed by atoms with van der Waals surface area (Å²) in [5.74, 6) is -0.462. The van der Waals surface area contributed by atoms with E-state index in [0.29, 0.717) is 5.56 Å². The lowest BCUT2D eigenvalue weighted by Crippen LogP contribution is -2.39. The zero-order valence-corrected chi connectivity index (χ0v) is 14.5. The number of aryl methyl sites for hydroxylation is 2. The summed E-state index contributed by atoms with van der Waals surface area (Å²) >= 11 is 0. The summed E-state index contributed by atoms with van der Waals surface area (Å²) in [5, 5.41) is 5.35. The van der Waals surface area contributed by atoms with Crippen LogP contribution in [0.5, 0.6) is 0 Å². The number of carbonyl (C=O) groups is 2. The lowest BCUT2D eigenvalue weighted by molar-refractivity contribution is -0.120. The van der Waals surface area contributed by atoms with Crippen LogP contribution in [0.3, 0.4) is 0 Å². The summed E-state index contributed by atoms with van der Waals surface area (Å²) < 4.78 is 0. The molecule has 0 radical (unpaired) electrons. The molecule has 0 aliphatic heterocycles. The molecule has 24 heavy (non-hydrogen) atoms. The normalized spacial score (nSPS) is 10.5. The fourth-order valence-corrected chi connectivity index (χ4v) is 2.43. The number of carbonyl (C=O) groups excluding carboxylic acids is 2. The predicted octanol–water partition coefficient (Wildman–Crippen LogP) is 2.62. The number of nitrogens with one attached hydrogen (secondary N) is 2. The quantitative estimate of drug-likeness (QED) is 0.888. The fraction of sp³-hybridized carbons (Fsp3) is 0.316. The van der Waals surface area contributed by atoms with Crippen LogP contribution in [0.15, 0.2) is 36.4 Å². The molecule has 0 atom stereocenters. The van der Waals surface area contributed by atoms with Crippen molar-refractivity contribution < 1.29 is 9.59 Å². The highest BCUT2D eigenvalue weighted by Crippen LogP contribution is 2.22. The van der Waals surface area contributed by atoms with E-state index in [9.17, 15) is 9.59 Å². The zero-order valence-electron chi connectivity index (χ0n) is 14.5. The number of rotatable bonds is 5. The van der Waals surface area contributed by atoms with Crippen molar-refractivity contribution in [2.45, 2.75) is 33.7 Å². The number of amides is 2. The smallest absolute Gasteiger partial charge is 0.251 e. The molecular weight excluding hydrogens is 302 g/mol. The molecule has 2 aromatic rings. The predicted molar refractivity (Wildman–Crippen MR) is 94.8 cm³/mol. The Hall–Kier alpha value is -2.69. The van der Waals surface area contributed by atoms with Gasteiger partial charge < -0.3 is 10.6 Å². The van der Waals surface area contributed by atoms with Gasteiger partial charge in [0.05, 0.1) is 6.54 Å². The number of nitrogens with zero attached hydrogens (tertiary/aromatic N) is 1. The zero-order chi connectivity index (χ0) is 17.7. The van der Waals surface area contributed by atoms with Crippen molar-refractivity contribution >= 4 is 11.8 Å². The Morgan fingerprint density at radius 1 is 1.04 bits per heavy atom. The van der Waals surface area contributed by atoms with Crippen LogP contribution < -0.4 is 10.6 Å². The van der Waals surface area contributed by atoms with Crippen LogP contribution in [0, 0.1) is 13.8 Å². The molecule has 0 saturated heterocycles. The minimum absolute atomic E-state index is 0.0280. The Morgan fingerprint density at radius 3 is 2.29 bits per heavy atom. The largest absolute Gasteiger partial charge is 0.352 e. The van der Waals surface area contributed by atoms with Crippen molar-refractivity contribution in [3.05, 3.63) is 53.3 Å². The Labute approximate surface area is 142 Å². The first-order chi connectivity index (χ1) is 11.4. The van der Waals surface area contributed by atoms with E-state index in [0.717, 1.165) is 22.5 Å². The van der Waals surface area contributed by atoms with E-state index in [2.05, 4.69) is 15.6 Å². The molecule has 5 nitrogen and oxygen atoms in total. The van der Waals surface area contributed by atoms with Gasteiger partial charge in [-0.25, -0.2) is 0 Å². The summed E-state index contributed by atoms with van der Waals surface area (Å²) in [6, 6.07) is 11.3. The molecule has 2 N–H and O–H groups in total. The van der Waals surface area contributed by atoms with Crippen LogP contribution in [0.1, 0.15) is 35.6 Å². The number of benzene rings is 1. The van der Waals surface area contributed by atoms with Gasteiger partial charge in [0.2, 0.25) is 5.91 Å². The summed E-state index contributed by atoms with van der Waals surface area (Å²) in [7, 11) is 0. The monoisotopic (exact) mass is 325 g/mol. The van der Waals surface area contributed by atoms with E-state index in [1.807, 2.05) is 52.0 Å². The summed E-state index contributed by atoms with van der Waals surface area (Å²) in [6.07, 6.45) is 0. The van der Waals surface area contributed by atoms with E-state index in [1.165, 1.54) is 0 Å². The Kier molecular flexibility index (Phi) is 5.68. The Balaban J connectivity index is 2.03. The molecule has 0 bridgehead atoms. The van der Waals surface area contributed by atoms with Crippen LogP contribution in [0.25, 0.3) is 11.1 Å². The van der Waals surface area contributed by atoms with Gasteiger partial charge >= 0.3 is 0 Å². The van der Waals surface area contributed by atoms with Gasteiger partial charge in [0.15, 0.2) is 0 Å². The van der Waals surface area contributed by atoms with Crippen molar-refractivity contribution in [2.75, 3.05) is 6.54 Å². The van der Waals surface area contributed by atoms with E-state index in [1.54, 1.807) is 12.1 Å². The first-order valence-corrected chi connectivity index (χ1v) is 7.99. The SMILES string of the molecule is Cc1ccc(-c2ccc(C(=O)NCC(=O)NC(C)C)cc2)c(C)n1. The highest BCUT2D eigenvalue weighted by molar-refractivity contribution is 5.96. The third-order valence-corrected chi connectivity index (χ3v) is 3.54. The van der Waals surface area contributed by atoms with E-state index in [4.69, 9.17) is 0 Å². The van der Waals surface area contributed by atoms with E-state index >= 15 is 0 Å². The van der Waals surface area contributed by atoms with Crippen LogP contribution in [-0.4, -0.2) is 29.4 Å². The van der Waals surface area contributed by atoms with Gasteiger partial charge in [-0.15, -0.1) is 0 Å². The molecule has 0 fully saturated rings. The van der Waals surface area contributed by atoms with Gasteiger partial charge in [0, 0.05) is 28.6 Å². The molecule has 5 heteroatoms. The molecule has 1 aromatic carbocycles. The average molecular weight is 325 g/mol. The van der Waals surface area contributed by atoms with Crippen molar-refractivity contribution in [1.82, 2.24) is 15.6 Å². The van der Waals surface area contributed by atoms with Crippen LogP contribution in [-0.2, 0) is 4.79 Å². The van der Waals surface area contributed by atoms with Gasteiger partial charge in [-0.05, 0) is 51.5 Å². The van der Waals surface area contributed by atoms with Crippen LogP contribution in [0.2, 0.25) is 0 Å². The van der Waals surface area contributed by atoms with Gasteiger partial charge in [0.1, 0.15) is 0 Å². The first-order valence-electron chi connectivity index (χ1n) is 7.99. The molecule has 0 aliphatic carbocycles. The van der Waals surface area contributed by atoms with Gasteiger partial charge in [-0.3, -0.25) is 14.6 Å². The second kappa shape index (κ2) is 7.73. The van der Waals surface area contributed by atoms with E-state index in [-0.39, 0.29) is 24.4 Å². The maximum absolute atomic E-state index is 12.1. The van der Waals surface area contributed by atoms with Crippen molar-refractivity contribution in [2.24, 2.45) is 0 Å². The molecular formula is C19H23N3O2. The third kappa shape index (κ3) is 4.65. The highest BCUT2D eigenvalue weighted by atomic mass is 16.2. The third-order valence-electron chi connectivity index (χ3n) is 3.54. The number of hydrogen-bond donors (Lipinski definition) is 2. The maximum atomic E-state index is 12.1. The van der Waals surface area contributed by atoms with Gasteiger partial charge in [-0.1, -0.05) is 18.2 Å². The topological polar surface area (TPSA) is 71.1 Å². The molecule has 2 rings (SSSR count). The minimum Gasteiger partial charge on any atom is -0.352 e. The molecule has 0 unspecified atom stereocenters. The molecule has 126 valence electrons. The Morgan fingerprint density at radius 2 is 1.71 bits per heavy atom. The number of pyridine rings is 1. The second-order valence-corrected chi connectivity index (χ2v) is 6.07. The second-order valence-electron chi connectivity index (χ2n) is 6.07. The lowest BCUT2D eigenvalue weighted by atomic mass is 10.0. The standard InChI is InChI=1S/C19H23N3O2/c1-12(2)21-18(23)11-20-19(24)16-8-6-15(7-9-16)17-10-5-13(3)22-14(17)4/h5-10,12H,11H2,1-4H3,(H,20,24)(H,21,23). The van der Waals surface area contributed by atoms with Gasteiger partial charge in [0.25, 0.3) is 5.91 Å². The van der Waals surface area contributed by atoms with E-state index < -0.39 is 0 Å². The number of aromatic nitrogens is 1. The molecule has 2 amide bonds. The molecule has 1 aromatic heterocycles. The molecule has 1 heterocycles. The average Bonchev–Trinajstić information content (AvgIpc) is 2.52. The minimum atomic E-state index is -0.265. The highest BCUT2D eigenvalue weighted by Gasteiger charge is 2.10. The molecule has 0 saturated carbocycles. The molecule has 0 aliphatic rings. The van der Waals surface area contributed by atoms with Crippen LogP contribution in [0.4, 0.5) is 0 Å².